The molecule has 1 aliphatic rings. The van der Waals surface area contributed by atoms with E-state index in [0.717, 1.165) is 29.2 Å². The lowest BCUT2D eigenvalue weighted by Gasteiger charge is -2.23. The van der Waals surface area contributed by atoms with Crippen molar-refractivity contribution in [1.82, 2.24) is 9.78 Å². The number of fused-ring (bicyclic) bond motifs is 1. The Morgan fingerprint density at radius 2 is 1.81 bits per heavy atom. The van der Waals surface area contributed by atoms with Crippen molar-refractivity contribution in [2.24, 2.45) is 0 Å². The Morgan fingerprint density at radius 1 is 1.13 bits per heavy atom. The van der Waals surface area contributed by atoms with E-state index in [0.29, 0.717) is 23.7 Å². The molecular formula is C24H25N3O4. The number of Topliss-reactive ketones (excluding diaryl/α,β-unsaturated/α-hetero) is 1. The number of nitrogens with one attached hydrogen (secondary N) is 1. The maximum Gasteiger partial charge on any atom is 0.226 e. The molecule has 7 nitrogen and oxygen atoms in total. The lowest BCUT2D eigenvalue weighted by molar-refractivity contribution is -0.116. The Morgan fingerprint density at radius 3 is 2.45 bits per heavy atom. The fourth-order valence-corrected chi connectivity index (χ4v) is 3.82. The van der Waals surface area contributed by atoms with Crippen molar-refractivity contribution in [2.75, 3.05) is 19.0 Å². The van der Waals surface area contributed by atoms with Crippen LogP contribution in [0.15, 0.2) is 48.5 Å². The average molecular weight is 419 g/mol. The lowest BCUT2D eigenvalue weighted by Crippen LogP contribution is -2.28. The van der Waals surface area contributed by atoms with Crippen molar-refractivity contribution in [3.8, 4) is 17.2 Å². The van der Waals surface area contributed by atoms with E-state index in [2.05, 4.69) is 10.4 Å². The van der Waals surface area contributed by atoms with Crippen LogP contribution < -0.4 is 14.8 Å². The highest BCUT2D eigenvalue weighted by Crippen LogP contribution is 2.38. The number of rotatable bonds is 7. The monoisotopic (exact) mass is 419 g/mol. The van der Waals surface area contributed by atoms with Gasteiger partial charge < -0.3 is 14.8 Å². The van der Waals surface area contributed by atoms with Gasteiger partial charge >= 0.3 is 0 Å². The minimum atomic E-state index is -0.585. The van der Waals surface area contributed by atoms with Crippen LogP contribution in [0.1, 0.15) is 47.3 Å². The van der Waals surface area contributed by atoms with Crippen molar-refractivity contribution >= 4 is 17.5 Å². The Kier molecular flexibility index (Phi) is 5.75. The molecule has 2 aromatic carbocycles. The lowest BCUT2D eigenvalue weighted by atomic mass is 9.85. The van der Waals surface area contributed by atoms with Gasteiger partial charge in [-0.2, -0.15) is 5.10 Å². The van der Waals surface area contributed by atoms with E-state index in [1.165, 1.54) is 0 Å². The summed E-state index contributed by atoms with van der Waals surface area (Å²) in [5, 5.41) is 7.52. The number of anilines is 1. The van der Waals surface area contributed by atoms with Gasteiger partial charge in [0.05, 0.1) is 31.0 Å². The average Bonchev–Trinajstić information content (AvgIpc) is 3.13. The van der Waals surface area contributed by atoms with Crippen molar-refractivity contribution in [3.63, 3.8) is 0 Å². The normalized spacial score (nSPS) is 15.2. The summed E-state index contributed by atoms with van der Waals surface area (Å²) >= 11 is 0. The zero-order valence-corrected chi connectivity index (χ0v) is 17.8. The van der Waals surface area contributed by atoms with E-state index in [4.69, 9.17) is 9.47 Å². The molecule has 1 atom stereocenters. The minimum Gasteiger partial charge on any atom is -0.497 e. The second-order valence-corrected chi connectivity index (χ2v) is 7.50. The molecule has 0 saturated carbocycles. The Bertz CT molecular complexity index is 1100. The van der Waals surface area contributed by atoms with Crippen LogP contribution in [0, 0.1) is 6.92 Å². The Balaban J connectivity index is 1.68. The summed E-state index contributed by atoms with van der Waals surface area (Å²) in [6.07, 6.45) is 1.01. The number of hydrogen-bond donors (Lipinski definition) is 1. The van der Waals surface area contributed by atoms with E-state index in [-0.39, 0.29) is 18.1 Å². The smallest absolute Gasteiger partial charge is 0.226 e. The highest BCUT2D eigenvalue weighted by molar-refractivity contribution is 6.08. The molecule has 0 radical (unpaired) electrons. The topological polar surface area (TPSA) is 82.5 Å². The standard InChI is InChI=1S/C24H25N3O4/c1-4-13-31-19-9-5-16(6-10-19)23(29)20-14-21(28)25-24-22(20)15(2)26-27(24)17-7-11-18(30-3)12-8-17/h5-12,20H,4,13-14H2,1-3H3,(H,25,28). The number of hydrogen-bond acceptors (Lipinski definition) is 5. The summed E-state index contributed by atoms with van der Waals surface area (Å²) in [6, 6.07) is 14.5. The van der Waals surface area contributed by atoms with Crippen molar-refractivity contribution < 1.29 is 19.1 Å². The summed E-state index contributed by atoms with van der Waals surface area (Å²) in [5.41, 5.74) is 2.79. The molecule has 0 spiro atoms. The predicted molar refractivity (Wildman–Crippen MR) is 117 cm³/mol. The highest BCUT2D eigenvalue weighted by atomic mass is 16.5. The molecule has 7 heteroatoms. The molecule has 0 aliphatic carbocycles. The summed E-state index contributed by atoms with van der Waals surface area (Å²) in [6.45, 7) is 4.53. The van der Waals surface area contributed by atoms with Crippen LogP contribution >= 0.6 is 0 Å². The number of benzene rings is 2. The second kappa shape index (κ2) is 8.63. The number of methoxy groups -OCH3 is 1. The molecule has 1 aliphatic heterocycles. The number of carbonyl (C=O) groups excluding carboxylic acids is 2. The molecular weight excluding hydrogens is 394 g/mol. The minimum absolute atomic E-state index is 0.0923. The molecule has 2 heterocycles. The Labute approximate surface area is 181 Å². The van der Waals surface area contributed by atoms with Gasteiger partial charge in [0.2, 0.25) is 5.91 Å². The van der Waals surface area contributed by atoms with E-state index in [9.17, 15) is 9.59 Å². The first kappa shape index (κ1) is 20.7. The third-order valence-corrected chi connectivity index (χ3v) is 5.35. The highest BCUT2D eigenvalue weighted by Gasteiger charge is 2.36. The number of nitrogens with zero attached hydrogens (tertiary/aromatic N) is 2. The third-order valence-electron chi connectivity index (χ3n) is 5.35. The first-order valence-electron chi connectivity index (χ1n) is 10.3. The fraction of sp³-hybridized carbons (Fsp3) is 0.292. The summed E-state index contributed by atoms with van der Waals surface area (Å²) in [4.78, 5) is 25.8. The van der Waals surface area contributed by atoms with E-state index < -0.39 is 5.92 Å². The van der Waals surface area contributed by atoms with Crippen LogP contribution in [0.5, 0.6) is 11.5 Å². The molecule has 1 unspecified atom stereocenters. The van der Waals surface area contributed by atoms with Gasteiger partial charge in [-0.1, -0.05) is 6.92 Å². The van der Waals surface area contributed by atoms with Crippen LogP contribution in [0.25, 0.3) is 5.69 Å². The molecule has 0 saturated heterocycles. The third kappa shape index (κ3) is 4.03. The zero-order chi connectivity index (χ0) is 22.0. The fourth-order valence-electron chi connectivity index (χ4n) is 3.82. The van der Waals surface area contributed by atoms with Gasteiger partial charge in [-0.15, -0.1) is 0 Å². The van der Waals surface area contributed by atoms with Crippen LogP contribution in [-0.4, -0.2) is 35.2 Å². The molecule has 4 rings (SSSR count). The number of aromatic nitrogens is 2. The second-order valence-electron chi connectivity index (χ2n) is 7.50. The Hall–Kier alpha value is -3.61. The van der Waals surface area contributed by atoms with E-state index in [1.807, 2.05) is 38.1 Å². The molecule has 160 valence electrons. The number of carbonyl (C=O) groups is 2. The van der Waals surface area contributed by atoms with Gasteiger partial charge in [0, 0.05) is 17.5 Å². The van der Waals surface area contributed by atoms with Crippen molar-refractivity contribution in [3.05, 3.63) is 65.4 Å². The molecule has 1 amide bonds. The van der Waals surface area contributed by atoms with Crippen molar-refractivity contribution in [2.45, 2.75) is 32.6 Å². The van der Waals surface area contributed by atoms with Crippen LogP contribution in [-0.2, 0) is 4.79 Å². The first-order valence-corrected chi connectivity index (χ1v) is 10.3. The van der Waals surface area contributed by atoms with Crippen molar-refractivity contribution in [1.29, 1.82) is 0 Å². The van der Waals surface area contributed by atoms with Crippen LogP contribution in [0.2, 0.25) is 0 Å². The van der Waals surface area contributed by atoms with Crippen LogP contribution in [0.3, 0.4) is 0 Å². The summed E-state index contributed by atoms with van der Waals surface area (Å²) in [5.74, 6) is 1.10. The van der Waals surface area contributed by atoms with Gasteiger partial charge in [-0.05, 0) is 61.9 Å². The molecule has 31 heavy (non-hydrogen) atoms. The molecule has 1 aromatic heterocycles. The molecule has 3 aromatic rings. The van der Waals surface area contributed by atoms with Gasteiger partial charge in [0.1, 0.15) is 17.3 Å². The number of ketones is 1. The number of aryl methyl sites for hydroxylation is 1. The van der Waals surface area contributed by atoms with Gasteiger partial charge in [-0.3, -0.25) is 9.59 Å². The van der Waals surface area contributed by atoms with E-state index >= 15 is 0 Å². The zero-order valence-electron chi connectivity index (χ0n) is 17.8. The largest absolute Gasteiger partial charge is 0.497 e. The quantitative estimate of drug-likeness (QED) is 0.578. The number of amides is 1. The number of ether oxygens (including phenoxy) is 2. The summed E-state index contributed by atoms with van der Waals surface area (Å²) in [7, 11) is 1.60. The van der Waals surface area contributed by atoms with Gasteiger partial charge in [0.15, 0.2) is 5.78 Å². The summed E-state index contributed by atoms with van der Waals surface area (Å²) < 4.78 is 12.5. The van der Waals surface area contributed by atoms with Gasteiger partial charge in [0.25, 0.3) is 0 Å². The maximum absolute atomic E-state index is 13.3. The molecule has 0 bridgehead atoms. The van der Waals surface area contributed by atoms with E-state index in [1.54, 1.807) is 36.1 Å². The molecule has 0 fully saturated rings. The van der Waals surface area contributed by atoms with Crippen LogP contribution in [0.4, 0.5) is 5.82 Å². The SMILES string of the molecule is CCCOc1ccc(C(=O)C2CC(=O)Nc3c2c(C)nn3-c2ccc(OC)cc2)cc1. The first-order chi connectivity index (χ1) is 15.0. The maximum atomic E-state index is 13.3. The molecule has 1 N–H and O–H groups in total. The van der Waals surface area contributed by atoms with Gasteiger partial charge in [-0.25, -0.2) is 4.68 Å². The predicted octanol–water partition coefficient (Wildman–Crippen LogP) is 4.29.